The van der Waals surface area contributed by atoms with Crippen molar-refractivity contribution in [3.8, 4) is 0 Å². The lowest BCUT2D eigenvalue weighted by molar-refractivity contribution is 0.376. The molecule has 0 nitrogen and oxygen atoms in total. The number of hydrogen-bond donors (Lipinski definition) is 0. The van der Waals surface area contributed by atoms with Crippen LogP contribution in [0.2, 0.25) is 0 Å². The first kappa shape index (κ1) is 11.5. The van der Waals surface area contributed by atoms with Gasteiger partial charge < -0.3 is 0 Å². The Morgan fingerprint density at radius 1 is 1.25 bits per heavy atom. The van der Waals surface area contributed by atoms with Crippen LogP contribution in [0.25, 0.3) is 0 Å². The highest BCUT2D eigenvalue weighted by atomic mass is 14.2. The highest BCUT2D eigenvalue weighted by molar-refractivity contribution is 4.90. The first-order chi connectivity index (χ1) is 5.79. The minimum absolute atomic E-state index is 0.748. The molecule has 70 valence electrons. The predicted molar refractivity (Wildman–Crippen MR) is 57.2 cm³/mol. The van der Waals surface area contributed by atoms with E-state index in [0.717, 1.165) is 18.3 Å². The van der Waals surface area contributed by atoms with E-state index in [1.54, 1.807) is 0 Å². The van der Waals surface area contributed by atoms with Crippen molar-refractivity contribution in [2.24, 2.45) is 11.8 Å². The van der Waals surface area contributed by atoms with E-state index in [2.05, 4.69) is 39.5 Å². The molecule has 0 amide bonds. The molecular formula is C12H22. The zero-order valence-corrected chi connectivity index (χ0v) is 8.72. The van der Waals surface area contributed by atoms with Gasteiger partial charge in [-0.2, -0.15) is 0 Å². The van der Waals surface area contributed by atoms with E-state index in [1.807, 2.05) is 6.08 Å². The molecule has 0 rings (SSSR count). The molecule has 0 heteroatoms. The smallest absolute Gasteiger partial charge is 0.0205 e. The topological polar surface area (TPSA) is 0 Å². The molecule has 0 spiro atoms. The average Bonchev–Trinajstić information content (AvgIpc) is 2.11. The molecule has 0 radical (unpaired) electrons. The monoisotopic (exact) mass is 166 g/mol. The Kier molecular flexibility index (Phi) is 6.84. The molecule has 0 aromatic carbocycles. The molecule has 0 saturated heterocycles. The summed E-state index contributed by atoms with van der Waals surface area (Å²) >= 11 is 0. The molecule has 0 N–H and O–H groups in total. The molecule has 0 saturated carbocycles. The third kappa shape index (κ3) is 3.75. The summed E-state index contributed by atoms with van der Waals surface area (Å²) in [5.74, 6) is 1.54. The van der Waals surface area contributed by atoms with Crippen LogP contribution in [0.3, 0.4) is 0 Å². The van der Waals surface area contributed by atoms with Gasteiger partial charge in [-0.3, -0.25) is 0 Å². The van der Waals surface area contributed by atoms with Crippen LogP contribution in [0.1, 0.15) is 40.0 Å². The maximum Gasteiger partial charge on any atom is -0.0205 e. The third-order valence-electron chi connectivity index (χ3n) is 2.51. The summed E-state index contributed by atoms with van der Waals surface area (Å²) in [6.45, 7) is 10.4. The first-order valence-corrected chi connectivity index (χ1v) is 5.03. The SMILES string of the molecule is C=CCC(CC)C(C=CC)CC. The van der Waals surface area contributed by atoms with Crippen LogP contribution < -0.4 is 0 Å². The van der Waals surface area contributed by atoms with E-state index in [4.69, 9.17) is 0 Å². The van der Waals surface area contributed by atoms with Gasteiger partial charge in [0, 0.05) is 0 Å². The van der Waals surface area contributed by atoms with Crippen LogP contribution in [0.5, 0.6) is 0 Å². The van der Waals surface area contributed by atoms with Gasteiger partial charge in [-0.05, 0) is 31.6 Å². The maximum atomic E-state index is 3.80. The Morgan fingerprint density at radius 3 is 2.25 bits per heavy atom. The second-order valence-corrected chi connectivity index (χ2v) is 3.29. The molecule has 0 bridgehead atoms. The third-order valence-corrected chi connectivity index (χ3v) is 2.51. The normalized spacial score (nSPS) is 16.2. The molecule has 12 heavy (non-hydrogen) atoms. The maximum absolute atomic E-state index is 3.80. The van der Waals surface area contributed by atoms with E-state index in [9.17, 15) is 0 Å². The van der Waals surface area contributed by atoms with Gasteiger partial charge in [-0.15, -0.1) is 6.58 Å². The minimum atomic E-state index is 0.748. The van der Waals surface area contributed by atoms with Gasteiger partial charge in [0.25, 0.3) is 0 Å². The molecule has 0 heterocycles. The van der Waals surface area contributed by atoms with E-state index in [1.165, 1.54) is 12.8 Å². The standard InChI is InChI=1S/C12H22/c1-5-9-11(7-3)12(8-4)10-6-2/h5-6,10-12H,1,7-9H2,2-4H3. The molecule has 0 aliphatic carbocycles. The Bertz CT molecular complexity index is 133. The van der Waals surface area contributed by atoms with Crippen LogP contribution in [0.15, 0.2) is 24.8 Å². The zero-order valence-electron chi connectivity index (χ0n) is 8.72. The van der Waals surface area contributed by atoms with Crippen LogP contribution in [0.4, 0.5) is 0 Å². The summed E-state index contributed by atoms with van der Waals surface area (Å²) in [6.07, 6.45) is 10.2. The van der Waals surface area contributed by atoms with Crippen molar-refractivity contribution < 1.29 is 0 Å². The van der Waals surface area contributed by atoms with Crippen molar-refractivity contribution in [2.45, 2.75) is 40.0 Å². The van der Waals surface area contributed by atoms with E-state index < -0.39 is 0 Å². The van der Waals surface area contributed by atoms with Crippen LogP contribution in [-0.4, -0.2) is 0 Å². The van der Waals surface area contributed by atoms with Crippen molar-refractivity contribution in [1.82, 2.24) is 0 Å². The van der Waals surface area contributed by atoms with Gasteiger partial charge in [0.1, 0.15) is 0 Å². The molecule has 0 aliphatic rings. The van der Waals surface area contributed by atoms with E-state index >= 15 is 0 Å². The fourth-order valence-electron chi connectivity index (χ4n) is 1.73. The fraction of sp³-hybridized carbons (Fsp3) is 0.667. The fourth-order valence-corrected chi connectivity index (χ4v) is 1.73. The lowest BCUT2D eigenvalue weighted by Gasteiger charge is -2.20. The van der Waals surface area contributed by atoms with Crippen molar-refractivity contribution in [2.75, 3.05) is 0 Å². The molecule has 2 unspecified atom stereocenters. The second kappa shape index (κ2) is 7.15. The minimum Gasteiger partial charge on any atom is -0.103 e. The lowest BCUT2D eigenvalue weighted by Crippen LogP contribution is -2.10. The van der Waals surface area contributed by atoms with Crippen LogP contribution in [0, 0.1) is 11.8 Å². The molecular weight excluding hydrogens is 144 g/mol. The predicted octanol–water partition coefficient (Wildman–Crippen LogP) is 4.19. The van der Waals surface area contributed by atoms with Crippen molar-refractivity contribution in [3.05, 3.63) is 24.8 Å². The average molecular weight is 166 g/mol. The second-order valence-electron chi connectivity index (χ2n) is 3.29. The van der Waals surface area contributed by atoms with E-state index in [0.29, 0.717) is 0 Å². The summed E-state index contributed by atoms with van der Waals surface area (Å²) in [5, 5.41) is 0. The highest BCUT2D eigenvalue weighted by Crippen LogP contribution is 2.24. The summed E-state index contributed by atoms with van der Waals surface area (Å²) in [6, 6.07) is 0. The summed E-state index contributed by atoms with van der Waals surface area (Å²) in [4.78, 5) is 0. The van der Waals surface area contributed by atoms with Gasteiger partial charge in [0.05, 0.1) is 0 Å². The van der Waals surface area contributed by atoms with Gasteiger partial charge >= 0.3 is 0 Å². The quantitative estimate of drug-likeness (QED) is 0.519. The molecule has 2 atom stereocenters. The molecule has 0 aromatic heterocycles. The van der Waals surface area contributed by atoms with Gasteiger partial charge in [-0.1, -0.05) is 38.5 Å². The Balaban J connectivity index is 4.10. The van der Waals surface area contributed by atoms with Gasteiger partial charge in [0.15, 0.2) is 0 Å². The van der Waals surface area contributed by atoms with E-state index in [-0.39, 0.29) is 0 Å². The Hall–Kier alpha value is -0.520. The van der Waals surface area contributed by atoms with Gasteiger partial charge in [-0.25, -0.2) is 0 Å². The summed E-state index contributed by atoms with van der Waals surface area (Å²) < 4.78 is 0. The van der Waals surface area contributed by atoms with Gasteiger partial charge in [0.2, 0.25) is 0 Å². The largest absolute Gasteiger partial charge is 0.103 e. The summed E-state index contributed by atoms with van der Waals surface area (Å²) in [7, 11) is 0. The molecule has 0 aliphatic heterocycles. The summed E-state index contributed by atoms with van der Waals surface area (Å²) in [5.41, 5.74) is 0. The Labute approximate surface area is 77.4 Å². The van der Waals surface area contributed by atoms with Crippen molar-refractivity contribution in [1.29, 1.82) is 0 Å². The zero-order chi connectivity index (χ0) is 9.40. The number of hydrogen-bond acceptors (Lipinski definition) is 0. The number of rotatable bonds is 6. The van der Waals surface area contributed by atoms with Crippen molar-refractivity contribution in [3.63, 3.8) is 0 Å². The highest BCUT2D eigenvalue weighted by Gasteiger charge is 2.13. The van der Waals surface area contributed by atoms with Crippen LogP contribution in [-0.2, 0) is 0 Å². The molecule has 0 fully saturated rings. The Morgan fingerprint density at radius 2 is 1.92 bits per heavy atom. The first-order valence-electron chi connectivity index (χ1n) is 5.03. The number of allylic oxidation sites excluding steroid dienone is 3. The molecule has 0 aromatic rings. The van der Waals surface area contributed by atoms with Crippen LogP contribution >= 0.6 is 0 Å². The van der Waals surface area contributed by atoms with Crippen molar-refractivity contribution >= 4 is 0 Å². The lowest BCUT2D eigenvalue weighted by atomic mass is 9.85.